The van der Waals surface area contributed by atoms with Gasteiger partial charge in [0, 0.05) is 25.7 Å². The highest BCUT2D eigenvalue weighted by atomic mass is 19.4. The number of rotatable bonds is 6. The summed E-state index contributed by atoms with van der Waals surface area (Å²) < 4.78 is 98.5. The lowest BCUT2D eigenvalue weighted by molar-refractivity contribution is -0.154. The first-order valence-electron chi connectivity index (χ1n) is 14.3. The van der Waals surface area contributed by atoms with E-state index in [-0.39, 0.29) is 32.2 Å². The highest BCUT2D eigenvalue weighted by Gasteiger charge is 2.47. The Balaban J connectivity index is 0.000000271. The summed E-state index contributed by atoms with van der Waals surface area (Å²) in [7, 11) is 0. The topological polar surface area (TPSA) is 166 Å². The molecule has 0 aromatic carbocycles. The van der Waals surface area contributed by atoms with Gasteiger partial charge in [0.25, 0.3) is 12.3 Å². The molecule has 2 aliphatic rings. The number of carbonyl (C=O) groups excluding carboxylic acids is 2. The molecular formula is C27H30F7N9O4. The van der Waals surface area contributed by atoms with Gasteiger partial charge in [0.2, 0.25) is 23.4 Å². The van der Waals surface area contributed by atoms with Crippen molar-refractivity contribution in [2.24, 2.45) is 5.92 Å². The van der Waals surface area contributed by atoms with Crippen LogP contribution in [0, 0.1) is 19.8 Å². The lowest BCUT2D eigenvalue weighted by Gasteiger charge is -2.20. The zero-order valence-corrected chi connectivity index (χ0v) is 25.0. The van der Waals surface area contributed by atoms with Crippen molar-refractivity contribution in [1.29, 1.82) is 0 Å². The summed E-state index contributed by atoms with van der Waals surface area (Å²) in [6.45, 7) is 3.40. The first-order valence-corrected chi connectivity index (χ1v) is 14.3. The van der Waals surface area contributed by atoms with Gasteiger partial charge in [-0.2, -0.15) is 23.3 Å². The molecule has 5 heterocycles. The molecular weight excluding hydrogens is 647 g/mol. The molecule has 2 atom stereocenters. The largest absolute Gasteiger partial charge is 0.408 e. The maximum atomic E-state index is 12.8. The van der Waals surface area contributed by atoms with Gasteiger partial charge in [-0.15, -0.1) is 0 Å². The lowest BCUT2D eigenvalue weighted by Crippen LogP contribution is -2.38. The number of imidazole rings is 1. The van der Waals surface area contributed by atoms with Crippen LogP contribution in [0.3, 0.4) is 0 Å². The fourth-order valence-electron chi connectivity index (χ4n) is 4.80. The zero-order chi connectivity index (χ0) is 34.4. The molecule has 1 saturated heterocycles. The predicted octanol–water partition coefficient (Wildman–Crippen LogP) is 4.86. The Kier molecular flexibility index (Phi) is 11.1. The van der Waals surface area contributed by atoms with E-state index in [1.165, 1.54) is 16.9 Å². The number of hydrogen-bond donors (Lipinski definition) is 2. The number of fused-ring (bicyclic) bond motifs is 1. The van der Waals surface area contributed by atoms with Crippen LogP contribution in [0.4, 0.5) is 30.7 Å². The molecule has 47 heavy (non-hydrogen) atoms. The molecule has 0 radical (unpaired) electrons. The molecule has 20 heteroatoms. The van der Waals surface area contributed by atoms with Crippen LogP contribution in [0.2, 0.25) is 0 Å². The van der Waals surface area contributed by atoms with Gasteiger partial charge in [-0.25, -0.2) is 31.7 Å². The molecule has 256 valence electrons. The molecule has 2 amide bonds. The maximum absolute atomic E-state index is 12.8. The Morgan fingerprint density at radius 1 is 1.13 bits per heavy atom. The van der Waals surface area contributed by atoms with E-state index in [9.17, 15) is 40.3 Å². The molecule has 0 spiro atoms. The Morgan fingerprint density at radius 3 is 2.38 bits per heavy atom. The van der Waals surface area contributed by atoms with E-state index < -0.39 is 53.7 Å². The third-order valence-corrected chi connectivity index (χ3v) is 7.09. The van der Waals surface area contributed by atoms with Crippen molar-refractivity contribution in [1.82, 2.24) is 45.7 Å². The summed E-state index contributed by atoms with van der Waals surface area (Å²) in [5, 5.41) is 18.1. The van der Waals surface area contributed by atoms with E-state index in [0.717, 1.165) is 6.42 Å². The zero-order valence-electron chi connectivity index (χ0n) is 25.0. The normalized spacial score (nSPS) is 19.1. The van der Waals surface area contributed by atoms with Crippen LogP contribution in [-0.4, -0.2) is 65.0 Å². The monoisotopic (exact) mass is 677 g/mol. The van der Waals surface area contributed by atoms with E-state index in [4.69, 9.17) is 0 Å². The first kappa shape index (κ1) is 35.2. The molecule has 1 saturated carbocycles. The highest BCUT2D eigenvalue weighted by Crippen LogP contribution is 2.33. The van der Waals surface area contributed by atoms with Crippen molar-refractivity contribution in [3.63, 3.8) is 0 Å². The Labute approximate surface area is 261 Å². The lowest BCUT2D eigenvalue weighted by atomic mass is 9.97. The molecule has 4 aromatic rings. The molecule has 0 bridgehead atoms. The summed E-state index contributed by atoms with van der Waals surface area (Å²) in [4.78, 5) is 31.9. The predicted molar refractivity (Wildman–Crippen MR) is 145 cm³/mol. The second kappa shape index (κ2) is 14.8. The van der Waals surface area contributed by atoms with E-state index in [1.807, 2.05) is 5.32 Å². The van der Waals surface area contributed by atoms with Gasteiger partial charge < -0.3 is 15.2 Å². The van der Waals surface area contributed by atoms with Crippen LogP contribution in [0.5, 0.6) is 0 Å². The Morgan fingerprint density at radius 2 is 1.85 bits per heavy atom. The second-order valence-electron chi connectivity index (χ2n) is 10.9. The first-order chi connectivity index (χ1) is 22.1. The summed E-state index contributed by atoms with van der Waals surface area (Å²) in [6.07, 6.45) is -2.32. The SMILES string of the molecule is Cc1noc(C)n1.FC1(F)CCCCC1.O=C(NCc1cn2ncc(CC3CC(C(F)(F)F)NC3=O)cc2n1)c1nonc1C(F)F. The number of carbonyl (C=O) groups is 2. The molecule has 2 unspecified atom stereocenters. The van der Waals surface area contributed by atoms with E-state index in [0.29, 0.717) is 41.5 Å². The number of halogens is 7. The quantitative estimate of drug-likeness (QED) is 0.269. The van der Waals surface area contributed by atoms with E-state index in [2.05, 4.69) is 45.0 Å². The van der Waals surface area contributed by atoms with Gasteiger partial charge in [-0.1, -0.05) is 11.6 Å². The summed E-state index contributed by atoms with van der Waals surface area (Å²) in [6, 6.07) is -0.313. The van der Waals surface area contributed by atoms with Crippen molar-refractivity contribution in [2.45, 2.75) is 89.9 Å². The van der Waals surface area contributed by atoms with Gasteiger partial charge in [0.15, 0.2) is 17.2 Å². The summed E-state index contributed by atoms with van der Waals surface area (Å²) >= 11 is 0. The number of amides is 2. The van der Waals surface area contributed by atoms with E-state index >= 15 is 0 Å². The molecule has 2 N–H and O–H groups in total. The van der Waals surface area contributed by atoms with Crippen LogP contribution in [0.25, 0.3) is 5.65 Å². The number of aromatic nitrogens is 7. The Hall–Kier alpha value is -4.65. The minimum Gasteiger partial charge on any atom is -0.345 e. The molecule has 4 aromatic heterocycles. The molecule has 2 fully saturated rings. The van der Waals surface area contributed by atoms with E-state index in [1.54, 1.807) is 19.9 Å². The molecule has 13 nitrogen and oxygen atoms in total. The minimum absolute atomic E-state index is 0.0520. The maximum Gasteiger partial charge on any atom is 0.408 e. The molecule has 6 rings (SSSR count). The number of aryl methyl sites for hydroxylation is 2. The van der Waals surface area contributed by atoms with Crippen LogP contribution >= 0.6 is 0 Å². The smallest absolute Gasteiger partial charge is 0.345 e. The van der Waals surface area contributed by atoms with Crippen molar-refractivity contribution < 1.29 is 49.5 Å². The van der Waals surface area contributed by atoms with Crippen LogP contribution < -0.4 is 10.6 Å². The minimum atomic E-state index is -4.51. The van der Waals surface area contributed by atoms with Crippen molar-refractivity contribution in [2.75, 3.05) is 0 Å². The van der Waals surface area contributed by atoms with Gasteiger partial charge in [-0.3, -0.25) is 9.59 Å². The number of nitrogens with zero attached hydrogens (tertiary/aromatic N) is 7. The standard InChI is InChI=1S/C17H14F5N7O3.C6H10F2.C4H6N2O/c18-14(19)12-13(28-32-27-12)16(31)23-5-9-6-29-11(25-9)2-7(4-24-29)1-8-3-10(17(20,21)22)26-15(8)30;7-6(8)4-2-1-3-5-6;1-3-5-4(2)7-6-3/h2,4,6,8,10,14H,1,3,5H2,(H,23,31)(H,26,30);1-5H2;1-2H3. The van der Waals surface area contributed by atoms with Gasteiger partial charge in [0.1, 0.15) is 6.04 Å². The van der Waals surface area contributed by atoms with Crippen molar-refractivity contribution >= 4 is 17.5 Å². The molecule has 1 aliphatic heterocycles. The third-order valence-electron chi connectivity index (χ3n) is 7.09. The average molecular weight is 678 g/mol. The highest BCUT2D eigenvalue weighted by molar-refractivity contribution is 5.93. The fourth-order valence-corrected chi connectivity index (χ4v) is 4.80. The van der Waals surface area contributed by atoms with Gasteiger partial charge in [0.05, 0.1) is 24.6 Å². The number of nitrogens with one attached hydrogen (secondary N) is 2. The second-order valence-corrected chi connectivity index (χ2v) is 10.9. The third kappa shape index (κ3) is 9.92. The van der Waals surface area contributed by atoms with Gasteiger partial charge in [-0.05, 0) is 54.6 Å². The summed E-state index contributed by atoms with van der Waals surface area (Å²) in [5.41, 5.74) is -0.358. The average Bonchev–Trinajstić information content (AvgIpc) is 3.79. The number of hydrogen-bond acceptors (Lipinski definition) is 10. The summed E-state index contributed by atoms with van der Waals surface area (Å²) in [5.74, 6) is -3.46. The molecule has 1 aliphatic carbocycles. The van der Waals surface area contributed by atoms with Crippen molar-refractivity contribution in [3.05, 3.63) is 52.8 Å². The fraction of sp³-hybridized carbons (Fsp3) is 0.556. The van der Waals surface area contributed by atoms with Crippen LogP contribution in [-0.2, 0) is 17.8 Å². The Bertz CT molecular complexity index is 1630. The number of alkyl halides is 7. The van der Waals surface area contributed by atoms with Crippen molar-refractivity contribution in [3.8, 4) is 0 Å². The van der Waals surface area contributed by atoms with Crippen LogP contribution in [0.1, 0.15) is 84.1 Å². The van der Waals surface area contributed by atoms with Gasteiger partial charge >= 0.3 is 6.18 Å². The van der Waals surface area contributed by atoms with Crippen LogP contribution in [0.15, 0.2) is 27.6 Å².